The van der Waals surface area contributed by atoms with Crippen molar-refractivity contribution in [2.75, 3.05) is 6.61 Å². The van der Waals surface area contributed by atoms with E-state index in [-0.39, 0.29) is 36.9 Å². The molecule has 0 unspecified atom stereocenters. The molecule has 2 heterocycles. The molecule has 33 heavy (non-hydrogen) atoms. The highest BCUT2D eigenvalue weighted by Gasteiger charge is 2.27. The van der Waals surface area contributed by atoms with Gasteiger partial charge in [-0.1, -0.05) is 23.2 Å². The monoisotopic (exact) mass is 508 g/mol. The molecule has 3 aromatic rings. The highest BCUT2D eigenvalue weighted by Crippen LogP contribution is 2.34. The van der Waals surface area contributed by atoms with Crippen LogP contribution in [0.3, 0.4) is 0 Å². The number of aromatic nitrogens is 3. The van der Waals surface area contributed by atoms with Gasteiger partial charge in [-0.05, 0) is 55.2 Å². The standard InChI is InChI=1S/C23H21Cl2FN4O2.H2S/c24-15-4-6-20-16(10-15)19(7-8-32-20)27-22(31)11-21-28-23(29-30(21)12-13-1-2-13)14-3-5-17(25)18(26)9-14;/h3-6,9-10,13,19H,1-2,7-8,11-12H2,(H,27,31);1H2/t19-;/m0./s1. The molecule has 1 atom stereocenters. The maximum Gasteiger partial charge on any atom is 0.228 e. The second-order valence-electron chi connectivity index (χ2n) is 8.22. The fourth-order valence-corrected chi connectivity index (χ4v) is 4.16. The van der Waals surface area contributed by atoms with Gasteiger partial charge in [0.05, 0.1) is 24.1 Å². The molecule has 10 heteroatoms. The van der Waals surface area contributed by atoms with Crippen LogP contribution in [0.15, 0.2) is 36.4 Å². The molecule has 0 spiro atoms. The van der Waals surface area contributed by atoms with Crippen LogP contribution in [0.1, 0.15) is 36.7 Å². The van der Waals surface area contributed by atoms with Gasteiger partial charge < -0.3 is 10.1 Å². The third-order valence-corrected chi connectivity index (χ3v) is 6.26. The first kappa shape index (κ1) is 23.9. The van der Waals surface area contributed by atoms with E-state index >= 15 is 0 Å². The lowest BCUT2D eigenvalue weighted by Gasteiger charge is -2.26. The Kier molecular flexibility index (Phi) is 7.16. The van der Waals surface area contributed by atoms with Crippen molar-refractivity contribution < 1.29 is 13.9 Å². The maximum atomic E-state index is 13.9. The highest BCUT2D eigenvalue weighted by atomic mass is 35.5. The predicted molar refractivity (Wildman–Crippen MR) is 130 cm³/mol. The van der Waals surface area contributed by atoms with Crippen LogP contribution in [0.5, 0.6) is 5.75 Å². The average Bonchev–Trinajstić information content (AvgIpc) is 3.50. The molecule has 1 fully saturated rings. The first-order valence-corrected chi connectivity index (χ1v) is 11.3. The van der Waals surface area contributed by atoms with Gasteiger partial charge in [0.25, 0.3) is 0 Å². The van der Waals surface area contributed by atoms with Crippen LogP contribution in [0.4, 0.5) is 4.39 Å². The number of ether oxygens (including phenoxy) is 1. The minimum atomic E-state index is -0.529. The van der Waals surface area contributed by atoms with Crippen molar-refractivity contribution in [3.63, 3.8) is 0 Å². The quantitative estimate of drug-likeness (QED) is 0.503. The van der Waals surface area contributed by atoms with Crippen LogP contribution in [0, 0.1) is 11.7 Å². The summed E-state index contributed by atoms with van der Waals surface area (Å²) >= 11 is 11.9. The van der Waals surface area contributed by atoms with Crippen molar-refractivity contribution in [1.82, 2.24) is 20.1 Å². The number of fused-ring (bicyclic) bond motifs is 1. The van der Waals surface area contributed by atoms with Gasteiger partial charge >= 0.3 is 0 Å². The molecule has 2 aromatic carbocycles. The average molecular weight is 509 g/mol. The SMILES string of the molecule is O=C(Cc1nc(-c2ccc(Cl)c(F)c2)nn1CC1CC1)N[C@H]1CCOc2ccc(Cl)cc21.S. The molecule has 2 aliphatic rings. The summed E-state index contributed by atoms with van der Waals surface area (Å²) in [5.41, 5.74) is 1.39. The zero-order chi connectivity index (χ0) is 22.2. The molecule has 1 aliphatic heterocycles. The normalized spacial score (nSPS) is 17.0. The van der Waals surface area contributed by atoms with Crippen molar-refractivity contribution in [3.05, 3.63) is 63.6 Å². The van der Waals surface area contributed by atoms with E-state index in [2.05, 4.69) is 15.4 Å². The molecule has 174 valence electrons. The molecule has 6 nitrogen and oxygen atoms in total. The van der Waals surface area contributed by atoms with Crippen molar-refractivity contribution >= 4 is 42.6 Å². The molecular weight excluding hydrogens is 486 g/mol. The Morgan fingerprint density at radius 2 is 2.00 bits per heavy atom. The number of benzene rings is 2. The van der Waals surface area contributed by atoms with Crippen LogP contribution in [0.2, 0.25) is 10.0 Å². The fraction of sp³-hybridized carbons (Fsp3) is 0.348. The second-order valence-corrected chi connectivity index (χ2v) is 9.07. The zero-order valence-electron chi connectivity index (χ0n) is 17.7. The maximum absolute atomic E-state index is 13.9. The Morgan fingerprint density at radius 3 is 2.76 bits per heavy atom. The number of carbonyl (C=O) groups excluding carboxylic acids is 1. The minimum Gasteiger partial charge on any atom is -0.493 e. The topological polar surface area (TPSA) is 69.0 Å². The summed E-state index contributed by atoms with van der Waals surface area (Å²) in [6, 6.07) is 9.69. The van der Waals surface area contributed by atoms with Crippen molar-refractivity contribution in [1.29, 1.82) is 0 Å². The van der Waals surface area contributed by atoms with Gasteiger partial charge in [0.2, 0.25) is 5.91 Å². The second kappa shape index (κ2) is 9.91. The summed E-state index contributed by atoms with van der Waals surface area (Å²) < 4.78 is 21.4. The number of amides is 1. The summed E-state index contributed by atoms with van der Waals surface area (Å²) in [5, 5.41) is 8.27. The summed E-state index contributed by atoms with van der Waals surface area (Å²) in [5.74, 6) is 1.51. The van der Waals surface area contributed by atoms with E-state index in [1.54, 1.807) is 16.8 Å². The Morgan fingerprint density at radius 1 is 1.18 bits per heavy atom. The summed E-state index contributed by atoms with van der Waals surface area (Å²) in [4.78, 5) is 17.5. The molecule has 0 bridgehead atoms. The van der Waals surface area contributed by atoms with Crippen LogP contribution >= 0.6 is 36.7 Å². The first-order valence-electron chi connectivity index (χ1n) is 10.6. The molecule has 1 aromatic heterocycles. The molecule has 1 N–H and O–H groups in total. The van der Waals surface area contributed by atoms with Gasteiger partial charge in [0, 0.05) is 29.1 Å². The fourth-order valence-electron chi connectivity index (χ4n) is 3.86. The van der Waals surface area contributed by atoms with E-state index in [0.717, 1.165) is 24.2 Å². The van der Waals surface area contributed by atoms with Crippen LogP contribution in [-0.2, 0) is 17.8 Å². The third kappa shape index (κ3) is 5.45. The Labute approximate surface area is 207 Å². The first-order chi connectivity index (χ1) is 15.5. The number of hydrogen-bond donors (Lipinski definition) is 1. The number of carbonyl (C=O) groups is 1. The summed E-state index contributed by atoms with van der Waals surface area (Å²) in [7, 11) is 0. The van der Waals surface area contributed by atoms with Crippen LogP contribution in [-0.4, -0.2) is 27.3 Å². The van der Waals surface area contributed by atoms with E-state index in [0.29, 0.717) is 47.7 Å². The molecule has 1 saturated carbocycles. The molecule has 5 rings (SSSR count). The van der Waals surface area contributed by atoms with E-state index in [4.69, 9.17) is 27.9 Å². The largest absolute Gasteiger partial charge is 0.493 e. The molecule has 1 amide bonds. The van der Waals surface area contributed by atoms with Gasteiger partial charge in [0.1, 0.15) is 17.4 Å². The van der Waals surface area contributed by atoms with E-state index in [1.165, 1.54) is 12.1 Å². The van der Waals surface area contributed by atoms with Crippen LogP contribution in [0.25, 0.3) is 11.4 Å². The summed E-state index contributed by atoms with van der Waals surface area (Å²) in [6.45, 7) is 1.21. The Balaban J connectivity index is 0.00000259. The lowest BCUT2D eigenvalue weighted by atomic mass is 10.0. The summed E-state index contributed by atoms with van der Waals surface area (Å²) in [6.07, 6.45) is 3.00. The smallest absolute Gasteiger partial charge is 0.228 e. The molecule has 1 aliphatic carbocycles. The van der Waals surface area contributed by atoms with Crippen LogP contribution < -0.4 is 10.1 Å². The van der Waals surface area contributed by atoms with Crippen molar-refractivity contribution in [3.8, 4) is 17.1 Å². The number of rotatable bonds is 6. The minimum absolute atomic E-state index is 0. The Hall–Kier alpha value is -2.29. The number of hydrogen-bond acceptors (Lipinski definition) is 4. The van der Waals surface area contributed by atoms with Crippen molar-refractivity contribution in [2.45, 2.75) is 38.3 Å². The highest BCUT2D eigenvalue weighted by molar-refractivity contribution is 7.59. The van der Waals surface area contributed by atoms with Gasteiger partial charge in [-0.15, -0.1) is 0 Å². The van der Waals surface area contributed by atoms with Crippen molar-refractivity contribution in [2.24, 2.45) is 5.92 Å². The number of nitrogens with one attached hydrogen (secondary N) is 1. The molecule has 0 saturated heterocycles. The van der Waals surface area contributed by atoms with E-state index < -0.39 is 5.82 Å². The van der Waals surface area contributed by atoms with Gasteiger partial charge in [-0.2, -0.15) is 18.6 Å². The molecular formula is C23H23Cl2FN4O2S. The molecule has 0 radical (unpaired) electrons. The lowest BCUT2D eigenvalue weighted by Crippen LogP contribution is -2.33. The lowest BCUT2D eigenvalue weighted by molar-refractivity contribution is -0.121. The van der Waals surface area contributed by atoms with Gasteiger partial charge in [-0.3, -0.25) is 4.79 Å². The van der Waals surface area contributed by atoms with E-state index in [1.807, 2.05) is 12.1 Å². The predicted octanol–water partition coefficient (Wildman–Crippen LogP) is 5.10. The number of halogens is 3. The van der Waals surface area contributed by atoms with Gasteiger partial charge in [-0.25, -0.2) is 14.1 Å². The zero-order valence-corrected chi connectivity index (χ0v) is 20.2. The number of nitrogens with zero attached hydrogens (tertiary/aromatic N) is 3. The van der Waals surface area contributed by atoms with Gasteiger partial charge in [0.15, 0.2) is 5.82 Å². The van der Waals surface area contributed by atoms with E-state index in [9.17, 15) is 9.18 Å². The Bertz CT molecular complexity index is 1190. The third-order valence-electron chi connectivity index (χ3n) is 5.72.